The Morgan fingerprint density at radius 2 is 2.03 bits per heavy atom. The molecular formula is C20H23BrN2O5S. The predicted octanol–water partition coefficient (Wildman–Crippen LogP) is 3.67. The van der Waals surface area contributed by atoms with Crippen LogP contribution in [0.2, 0.25) is 0 Å². The fourth-order valence-electron chi connectivity index (χ4n) is 3.05. The van der Waals surface area contributed by atoms with Gasteiger partial charge in [-0.3, -0.25) is 4.79 Å². The number of amides is 1. The Morgan fingerprint density at radius 1 is 1.31 bits per heavy atom. The van der Waals surface area contributed by atoms with Gasteiger partial charge in [0.2, 0.25) is 10.0 Å². The van der Waals surface area contributed by atoms with Crippen LogP contribution >= 0.6 is 15.9 Å². The van der Waals surface area contributed by atoms with Crippen molar-refractivity contribution in [3.8, 4) is 11.5 Å². The van der Waals surface area contributed by atoms with Crippen LogP contribution in [-0.4, -0.2) is 45.4 Å². The molecule has 2 aromatic rings. The summed E-state index contributed by atoms with van der Waals surface area (Å²) in [4.78, 5) is 13.0. The van der Waals surface area contributed by atoms with Crippen LogP contribution < -0.4 is 14.8 Å². The number of carbonyl (C=O) groups excluding carboxylic acids is 1. The molecule has 1 atom stereocenters. The maximum Gasteiger partial charge on any atom is 0.256 e. The maximum absolute atomic E-state index is 13.0. The van der Waals surface area contributed by atoms with Crippen LogP contribution in [0.5, 0.6) is 11.5 Å². The quantitative estimate of drug-likeness (QED) is 0.678. The van der Waals surface area contributed by atoms with Crippen molar-refractivity contribution in [2.45, 2.75) is 31.3 Å². The van der Waals surface area contributed by atoms with Crippen LogP contribution in [0, 0.1) is 0 Å². The first-order valence-electron chi connectivity index (χ1n) is 9.13. The molecule has 0 bridgehead atoms. The summed E-state index contributed by atoms with van der Waals surface area (Å²) in [6.07, 6.45) is 0.840. The largest absolute Gasteiger partial charge is 0.492 e. The van der Waals surface area contributed by atoms with E-state index in [0.717, 1.165) is 16.3 Å². The lowest BCUT2D eigenvalue weighted by Crippen LogP contribution is -2.23. The Hall–Kier alpha value is -2.10. The number of hydrogen-bond donors (Lipinski definition) is 1. The summed E-state index contributed by atoms with van der Waals surface area (Å²) >= 11 is 3.33. The number of nitrogens with one attached hydrogen (secondary N) is 1. The van der Waals surface area contributed by atoms with Crippen LogP contribution in [0.4, 0.5) is 5.69 Å². The minimum Gasteiger partial charge on any atom is -0.492 e. The molecule has 7 nitrogen and oxygen atoms in total. The van der Waals surface area contributed by atoms with E-state index >= 15 is 0 Å². The second-order valence-electron chi connectivity index (χ2n) is 6.90. The van der Waals surface area contributed by atoms with Crippen LogP contribution in [0.1, 0.15) is 29.8 Å². The number of fused-ring (bicyclic) bond motifs is 1. The maximum atomic E-state index is 13.0. The molecule has 156 valence electrons. The number of ether oxygens (including phenoxy) is 2. The lowest BCUT2D eigenvalue weighted by atomic mass is 10.1. The van der Waals surface area contributed by atoms with Crippen molar-refractivity contribution in [1.29, 1.82) is 0 Å². The van der Waals surface area contributed by atoms with E-state index in [1.807, 2.05) is 19.9 Å². The summed E-state index contributed by atoms with van der Waals surface area (Å²) in [6, 6.07) is 7.96. The topological polar surface area (TPSA) is 84.9 Å². The highest BCUT2D eigenvalue weighted by atomic mass is 79.9. The Balaban J connectivity index is 1.96. The van der Waals surface area contributed by atoms with E-state index in [4.69, 9.17) is 9.47 Å². The highest BCUT2D eigenvalue weighted by molar-refractivity contribution is 9.10. The van der Waals surface area contributed by atoms with Gasteiger partial charge in [0.15, 0.2) is 0 Å². The Morgan fingerprint density at radius 3 is 2.69 bits per heavy atom. The minimum absolute atomic E-state index is 0.0343. The van der Waals surface area contributed by atoms with Gasteiger partial charge in [-0.15, -0.1) is 0 Å². The number of carbonyl (C=O) groups is 1. The van der Waals surface area contributed by atoms with E-state index in [1.54, 1.807) is 12.1 Å². The lowest BCUT2D eigenvalue weighted by molar-refractivity contribution is 0.102. The number of hydrogen-bond acceptors (Lipinski definition) is 5. The van der Waals surface area contributed by atoms with Gasteiger partial charge in [-0.2, -0.15) is 0 Å². The van der Waals surface area contributed by atoms with Crippen molar-refractivity contribution < 1.29 is 22.7 Å². The number of benzene rings is 2. The van der Waals surface area contributed by atoms with Crippen molar-refractivity contribution in [2.75, 3.05) is 26.0 Å². The van der Waals surface area contributed by atoms with Crippen LogP contribution in [-0.2, 0) is 16.4 Å². The van der Waals surface area contributed by atoms with Gasteiger partial charge in [0.05, 0.1) is 22.8 Å². The summed E-state index contributed by atoms with van der Waals surface area (Å²) in [7, 11) is -0.783. The molecule has 1 aliphatic heterocycles. The van der Waals surface area contributed by atoms with Gasteiger partial charge < -0.3 is 14.8 Å². The third kappa shape index (κ3) is 4.41. The summed E-state index contributed by atoms with van der Waals surface area (Å²) in [5.41, 5.74) is 1.70. The molecule has 0 unspecified atom stereocenters. The third-order valence-corrected chi connectivity index (χ3v) is 7.01. The second kappa shape index (κ2) is 8.33. The fraction of sp³-hybridized carbons (Fsp3) is 0.350. The molecule has 0 spiro atoms. The second-order valence-corrected chi connectivity index (χ2v) is 9.91. The fourth-order valence-corrected chi connectivity index (χ4v) is 4.41. The molecule has 0 radical (unpaired) electrons. The van der Waals surface area contributed by atoms with Crippen molar-refractivity contribution in [1.82, 2.24) is 4.31 Å². The first-order valence-corrected chi connectivity index (χ1v) is 11.4. The molecule has 1 amide bonds. The normalized spacial score (nSPS) is 15.7. The Kier molecular flexibility index (Phi) is 6.21. The SMILES string of the molecule is CCOc1cc2c(cc1NC(=O)c1cc(S(=O)(=O)N(C)C)ccc1Br)O[C@@H](C)C2. The number of sulfonamides is 1. The molecule has 0 saturated carbocycles. The van der Waals surface area contributed by atoms with E-state index in [0.29, 0.717) is 28.3 Å². The smallest absolute Gasteiger partial charge is 0.256 e. The number of rotatable bonds is 6. The van der Waals surface area contributed by atoms with E-state index in [1.165, 1.54) is 26.2 Å². The van der Waals surface area contributed by atoms with E-state index in [-0.39, 0.29) is 16.6 Å². The summed E-state index contributed by atoms with van der Waals surface area (Å²) in [5, 5.41) is 2.82. The zero-order valence-electron chi connectivity index (χ0n) is 16.7. The molecule has 1 N–H and O–H groups in total. The number of anilines is 1. The van der Waals surface area contributed by atoms with Crippen molar-refractivity contribution in [2.24, 2.45) is 0 Å². The minimum atomic E-state index is -3.67. The van der Waals surface area contributed by atoms with E-state index < -0.39 is 15.9 Å². The van der Waals surface area contributed by atoms with Crippen molar-refractivity contribution >= 4 is 37.5 Å². The monoisotopic (exact) mass is 482 g/mol. The molecular weight excluding hydrogens is 460 g/mol. The number of nitrogens with zero attached hydrogens (tertiary/aromatic N) is 1. The van der Waals surface area contributed by atoms with Crippen molar-refractivity contribution in [3.05, 3.63) is 45.9 Å². The first kappa shape index (κ1) is 21.6. The Labute approximate surface area is 179 Å². The van der Waals surface area contributed by atoms with Gasteiger partial charge in [-0.05, 0) is 54.0 Å². The molecule has 0 saturated heterocycles. The zero-order valence-corrected chi connectivity index (χ0v) is 19.1. The summed E-state index contributed by atoms with van der Waals surface area (Å²) < 4.78 is 37.9. The molecule has 3 rings (SSSR count). The third-order valence-electron chi connectivity index (χ3n) is 4.51. The van der Waals surface area contributed by atoms with Gasteiger partial charge in [0.25, 0.3) is 5.91 Å². The highest BCUT2D eigenvalue weighted by Gasteiger charge is 2.24. The average molecular weight is 483 g/mol. The Bertz CT molecular complexity index is 1050. The van der Waals surface area contributed by atoms with Gasteiger partial charge in [0, 0.05) is 36.6 Å². The van der Waals surface area contributed by atoms with E-state index in [9.17, 15) is 13.2 Å². The molecule has 29 heavy (non-hydrogen) atoms. The number of halogens is 1. The van der Waals surface area contributed by atoms with Gasteiger partial charge in [-0.25, -0.2) is 12.7 Å². The van der Waals surface area contributed by atoms with Gasteiger partial charge in [-0.1, -0.05) is 0 Å². The molecule has 2 aromatic carbocycles. The molecule has 1 aliphatic rings. The molecule has 0 aromatic heterocycles. The molecule has 1 heterocycles. The molecule has 9 heteroatoms. The predicted molar refractivity (Wildman–Crippen MR) is 114 cm³/mol. The zero-order chi connectivity index (χ0) is 21.3. The summed E-state index contributed by atoms with van der Waals surface area (Å²) in [5.74, 6) is 0.796. The lowest BCUT2D eigenvalue weighted by Gasteiger charge is -2.15. The van der Waals surface area contributed by atoms with Gasteiger partial charge >= 0.3 is 0 Å². The average Bonchev–Trinajstić information content (AvgIpc) is 3.01. The molecule has 0 fully saturated rings. The standard InChI is InChI=1S/C20H23BrN2O5S/c1-5-27-19-9-13-8-12(2)28-18(13)11-17(19)22-20(24)15-10-14(6-7-16(15)21)29(25,26)23(3)4/h6-7,9-12H,5,8H2,1-4H3,(H,22,24)/t12-/m0/s1. The van der Waals surface area contributed by atoms with Crippen molar-refractivity contribution in [3.63, 3.8) is 0 Å². The first-order chi connectivity index (χ1) is 13.6. The summed E-state index contributed by atoms with van der Waals surface area (Å²) in [6.45, 7) is 4.29. The van der Waals surface area contributed by atoms with Crippen LogP contribution in [0.25, 0.3) is 0 Å². The van der Waals surface area contributed by atoms with Crippen LogP contribution in [0.3, 0.4) is 0 Å². The highest BCUT2D eigenvalue weighted by Crippen LogP contribution is 2.38. The van der Waals surface area contributed by atoms with E-state index in [2.05, 4.69) is 21.2 Å². The van der Waals surface area contributed by atoms with Crippen LogP contribution in [0.15, 0.2) is 39.7 Å². The van der Waals surface area contributed by atoms with Gasteiger partial charge in [0.1, 0.15) is 17.6 Å². The molecule has 0 aliphatic carbocycles.